The molecule has 1 aliphatic rings. The normalized spacial score (nSPS) is 15.7. The van der Waals surface area contributed by atoms with Gasteiger partial charge in [-0.15, -0.1) is 0 Å². The zero-order chi connectivity index (χ0) is 11.8. The van der Waals surface area contributed by atoms with Crippen molar-refractivity contribution in [3.8, 4) is 0 Å². The Bertz CT molecular complexity index is 273. The minimum absolute atomic E-state index is 0.302. The quantitative estimate of drug-likeness (QED) is 0.547. The highest BCUT2D eigenvalue weighted by Crippen LogP contribution is 2.23. The van der Waals surface area contributed by atoms with Gasteiger partial charge in [-0.1, -0.05) is 58.1 Å². The Morgan fingerprint density at radius 1 is 1.12 bits per heavy atom. The van der Waals surface area contributed by atoms with Gasteiger partial charge in [-0.05, 0) is 24.0 Å². The van der Waals surface area contributed by atoms with Crippen molar-refractivity contribution >= 4 is 5.78 Å². The van der Waals surface area contributed by atoms with Crippen LogP contribution in [0.2, 0.25) is 0 Å². The first kappa shape index (κ1) is 13.2. The van der Waals surface area contributed by atoms with Crippen LogP contribution < -0.4 is 0 Å². The molecule has 16 heavy (non-hydrogen) atoms. The first-order valence-electron chi connectivity index (χ1n) is 6.65. The number of allylic oxidation sites excluding steroid dienone is 3. The monoisotopic (exact) mass is 220 g/mol. The molecular weight excluding hydrogens is 196 g/mol. The first-order valence-corrected chi connectivity index (χ1v) is 6.65. The summed E-state index contributed by atoms with van der Waals surface area (Å²) >= 11 is 0. The topological polar surface area (TPSA) is 17.1 Å². The lowest BCUT2D eigenvalue weighted by molar-refractivity contribution is -0.114. The van der Waals surface area contributed by atoms with Gasteiger partial charge < -0.3 is 0 Å². The summed E-state index contributed by atoms with van der Waals surface area (Å²) in [6.45, 7) is 6.08. The van der Waals surface area contributed by atoms with Crippen LogP contribution >= 0.6 is 0 Å². The van der Waals surface area contributed by atoms with E-state index in [0.717, 1.165) is 24.0 Å². The molecule has 0 aromatic carbocycles. The van der Waals surface area contributed by atoms with Crippen LogP contribution in [0.1, 0.15) is 64.7 Å². The van der Waals surface area contributed by atoms with Crippen LogP contribution in [0.25, 0.3) is 0 Å². The van der Waals surface area contributed by atoms with Crippen LogP contribution in [0.5, 0.6) is 0 Å². The van der Waals surface area contributed by atoms with Gasteiger partial charge in [0, 0.05) is 6.42 Å². The van der Waals surface area contributed by atoms with Gasteiger partial charge in [-0.2, -0.15) is 0 Å². The van der Waals surface area contributed by atoms with Crippen molar-refractivity contribution in [3.05, 3.63) is 23.8 Å². The Kier molecular flexibility index (Phi) is 6.14. The smallest absolute Gasteiger partial charge is 0.163 e. The van der Waals surface area contributed by atoms with Crippen molar-refractivity contribution in [1.29, 1.82) is 0 Å². The molecule has 0 amide bonds. The third-order valence-corrected chi connectivity index (χ3v) is 3.17. The Labute approximate surface area is 99.6 Å². The molecule has 0 aromatic heterocycles. The van der Waals surface area contributed by atoms with Gasteiger partial charge in [0.25, 0.3) is 0 Å². The fourth-order valence-electron chi connectivity index (χ4n) is 2.18. The van der Waals surface area contributed by atoms with Crippen LogP contribution in [0.15, 0.2) is 23.8 Å². The Balaban J connectivity index is 2.01. The molecule has 1 nitrogen and oxygen atoms in total. The Hall–Kier alpha value is -0.850. The van der Waals surface area contributed by atoms with Gasteiger partial charge in [0.2, 0.25) is 0 Å². The van der Waals surface area contributed by atoms with Gasteiger partial charge in [-0.25, -0.2) is 0 Å². The van der Waals surface area contributed by atoms with Crippen LogP contribution in [-0.2, 0) is 4.79 Å². The number of carbonyl (C=O) groups excluding carboxylic acids is 1. The second-order valence-electron chi connectivity index (χ2n) is 4.80. The number of rotatable bonds is 8. The molecule has 0 heterocycles. The fraction of sp³-hybridized carbons (Fsp3) is 0.667. The number of unbranched alkanes of at least 4 members (excludes halogenated alkanes) is 6. The van der Waals surface area contributed by atoms with Crippen LogP contribution in [0.4, 0.5) is 0 Å². The number of hydrogen-bond donors (Lipinski definition) is 0. The van der Waals surface area contributed by atoms with Crippen molar-refractivity contribution in [2.24, 2.45) is 0 Å². The van der Waals surface area contributed by atoms with E-state index in [1.54, 1.807) is 0 Å². The predicted octanol–water partition coefficient (Wildman–Crippen LogP) is 4.58. The summed E-state index contributed by atoms with van der Waals surface area (Å²) in [5, 5.41) is 0. The molecule has 90 valence electrons. The number of Topliss-reactive ketones (excluding diaryl/α,β-unsaturated/α-hetero) is 1. The summed E-state index contributed by atoms with van der Waals surface area (Å²) in [5.74, 6) is 0.302. The number of hydrogen-bond acceptors (Lipinski definition) is 1. The molecule has 0 saturated heterocycles. The molecule has 0 aromatic rings. The molecule has 0 bridgehead atoms. The molecule has 0 saturated carbocycles. The van der Waals surface area contributed by atoms with Crippen molar-refractivity contribution in [2.75, 3.05) is 0 Å². The van der Waals surface area contributed by atoms with Gasteiger partial charge in [-0.3, -0.25) is 4.79 Å². The molecule has 0 aliphatic heterocycles. The van der Waals surface area contributed by atoms with E-state index in [-0.39, 0.29) is 0 Å². The lowest BCUT2D eigenvalue weighted by Crippen LogP contribution is -1.95. The third-order valence-electron chi connectivity index (χ3n) is 3.17. The van der Waals surface area contributed by atoms with E-state index >= 15 is 0 Å². The number of carbonyl (C=O) groups is 1. The number of ketones is 1. The van der Waals surface area contributed by atoms with Gasteiger partial charge in [0.15, 0.2) is 5.78 Å². The van der Waals surface area contributed by atoms with Crippen molar-refractivity contribution in [3.63, 3.8) is 0 Å². The molecule has 0 unspecified atom stereocenters. The van der Waals surface area contributed by atoms with Gasteiger partial charge in [0.1, 0.15) is 0 Å². The predicted molar refractivity (Wildman–Crippen MR) is 69.5 cm³/mol. The van der Waals surface area contributed by atoms with Gasteiger partial charge >= 0.3 is 0 Å². The maximum atomic E-state index is 11.5. The summed E-state index contributed by atoms with van der Waals surface area (Å²) in [6, 6.07) is 0. The van der Waals surface area contributed by atoms with Gasteiger partial charge in [0.05, 0.1) is 0 Å². The minimum atomic E-state index is 0.302. The van der Waals surface area contributed by atoms with Crippen molar-refractivity contribution in [2.45, 2.75) is 64.7 Å². The minimum Gasteiger partial charge on any atom is -0.294 e. The van der Waals surface area contributed by atoms with E-state index in [2.05, 4.69) is 13.5 Å². The highest BCUT2D eigenvalue weighted by molar-refractivity contribution is 6.00. The van der Waals surface area contributed by atoms with E-state index in [1.165, 1.54) is 38.5 Å². The summed E-state index contributed by atoms with van der Waals surface area (Å²) in [5.41, 5.74) is 2.00. The third kappa shape index (κ3) is 4.78. The summed E-state index contributed by atoms with van der Waals surface area (Å²) in [6.07, 6.45) is 12.7. The summed E-state index contributed by atoms with van der Waals surface area (Å²) < 4.78 is 0. The average Bonchev–Trinajstić information content (AvgIpc) is 2.56. The second kappa shape index (κ2) is 7.43. The molecule has 0 spiro atoms. The summed E-state index contributed by atoms with van der Waals surface area (Å²) in [7, 11) is 0. The first-order chi connectivity index (χ1) is 7.74. The SMILES string of the molecule is C=C1C=C(CCCCCCCCC)C(=O)C1. The summed E-state index contributed by atoms with van der Waals surface area (Å²) in [4.78, 5) is 11.5. The maximum absolute atomic E-state index is 11.5. The Morgan fingerprint density at radius 2 is 1.75 bits per heavy atom. The lowest BCUT2D eigenvalue weighted by atomic mass is 10.0. The van der Waals surface area contributed by atoms with E-state index < -0.39 is 0 Å². The van der Waals surface area contributed by atoms with Crippen LogP contribution in [-0.4, -0.2) is 5.78 Å². The highest BCUT2D eigenvalue weighted by atomic mass is 16.1. The van der Waals surface area contributed by atoms with E-state index in [9.17, 15) is 4.79 Å². The molecular formula is C15H24O. The zero-order valence-electron chi connectivity index (χ0n) is 10.6. The van der Waals surface area contributed by atoms with Crippen molar-refractivity contribution in [1.82, 2.24) is 0 Å². The Morgan fingerprint density at radius 3 is 2.31 bits per heavy atom. The zero-order valence-corrected chi connectivity index (χ0v) is 10.6. The second-order valence-corrected chi connectivity index (χ2v) is 4.80. The molecule has 0 N–H and O–H groups in total. The maximum Gasteiger partial charge on any atom is 0.163 e. The van der Waals surface area contributed by atoms with E-state index in [4.69, 9.17) is 0 Å². The highest BCUT2D eigenvalue weighted by Gasteiger charge is 2.16. The molecule has 0 atom stereocenters. The fourth-order valence-corrected chi connectivity index (χ4v) is 2.18. The molecule has 0 fully saturated rings. The molecule has 1 heteroatoms. The van der Waals surface area contributed by atoms with E-state index in [1.807, 2.05) is 6.08 Å². The molecule has 1 rings (SSSR count). The van der Waals surface area contributed by atoms with Crippen LogP contribution in [0, 0.1) is 0 Å². The van der Waals surface area contributed by atoms with Crippen LogP contribution in [0.3, 0.4) is 0 Å². The van der Waals surface area contributed by atoms with E-state index in [0.29, 0.717) is 12.2 Å². The largest absolute Gasteiger partial charge is 0.294 e. The lowest BCUT2D eigenvalue weighted by Gasteiger charge is -2.01. The van der Waals surface area contributed by atoms with Crippen molar-refractivity contribution < 1.29 is 4.79 Å². The standard InChI is InChI=1S/C15H24O/c1-3-4-5-6-7-8-9-10-14-11-13(2)12-15(14)16/h11H,2-10,12H2,1H3. The average molecular weight is 220 g/mol. The molecule has 1 aliphatic carbocycles. The molecule has 0 radical (unpaired) electrons.